The molecule has 3 heteroatoms. The molecule has 0 bridgehead atoms. The van der Waals surface area contributed by atoms with E-state index >= 15 is 0 Å². The molecule has 0 spiro atoms. The Labute approximate surface area is 115 Å². The average molecular weight is 255 g/mol. The third-order valence-electron chi connectivity index (χ3n) is 3.33. The fourth-order valence-corrected chi connectivity index (χ4v) is 2.10. The molecule has 100 valence electrons. The minimum atomic E-state index is 0.482. The lowest BCUT2D eigenvalue weighted by Gasteiger charge is -2.23. The van der Waals surface area contributed by atoms with Crippen LogP contribution in [-0.4, -0.2) is 11.5 Å². The predicted molar refractivity (Wildman–Crippen MR) is 80.0 cm³/mol. The van der Waals surface area contributed by atoms with Crippen LogP contribution in [0, 0.1) is 6.92 Å². The molecule has 1 heterocycles. The summed E-state index contributed by atoms with van der Waals surface area (Å²) in [5, 5.41) is 0. The van der Waals surface area contributed by atoms with Crippen LogP contribution in [0.5, 0.6) is 0 Å². The number of hydrogen-bond acceptors (Lipinski definition) is 3. The monoisotopic (exact) mass is 255 g/mol. The number of anilines is 1. The van der Waals surface area contributed by atoms with E-state index in [2.05, 4.69) is 48.0 Å². The number of nitrogens with zero attached hydrogens (tertiary/aromatic N) is 2. The zero-order chi connectivity index (χ0) is 13.7. The van der Waals surface area contributed by atoms with Gasteiger partial charge in [0.2, 0.25) is 0 Å². The standard InChI is InChI=1S/C16H21N3/c1-3-19(12-14-8-5-4-7-13(14)2)16-10-6-9-15(11-17)18-16/h4-10H,3,11-12,17H2,1-2H3. The third kappa shape index (κ3) is 3.32. The third-order valence-corrected chi connectivity index (χ3v) is 3.33. The van der Waals surface area contributed by atoms with E-state index in [-0.39, 0.29) is 0 Å². The van der Waals surface area contributed by atoms with Crippen molar-refractivity contribution >= 4 is 5.82 Å². The van der Waals surface area contributed by atoms with Crippen LogP contribution in [0.2, 0.25) is 0 Å². The second-order valence-electron chi connectivity index (χ2n) is 4.63. The first-order valence-electron chi connectivity index (χ1n) is 6.70. The van der Waals surface area contributed by atoms with Crippen LogP contribution in [0.4, 0.5) is 5.82 Å². The van der Waals surface area contributed by atoms with Gasteiger partial charge in [0, 0.05) is 19.6 Å². The lowest BCUT2D eigenvalue weighted by atomic mass is 10.1. The quantitative estimate of drug-likeness (QED) is 0.893. The van der Waals surface area contributed by atoms with Crippen molar-refractivity contribution in [1.29, 1.82) is 0 Å². The molecule has 3 nitrogen and oxygen atoms in total. The topological polar surface area (TPSA) is 42.1 Å². The van der Waals surface area contributed by atoms with Gasteiger partial charge in [-0.25, -0.2) is 4.98 Å². The first-order chi connectivity index (χ1) is 9.24. The molecule has 2 rings (SSSR count). The molecule has 2 aromatic rings. The summed E-state index contributed by atoms with van der Waals surface area (Å²) in [6.07, 6.45) is 0. The summed E-state index contributed by atoms with van der Waals surface area (Å²) >= 11 is 0. The first-order valence-corrected chi connectivity index (χ1v) is 6.70. The number of nitrogens with two attached hydrogens (primary N) is 1. The first kappa shape index (κ1) is 13.6. The Morgan fingerprint density at radius 1 is 1.11 bits per heavy atom. The Morgan fingerprint density at radius 3 is 2.58 bits per heavy atom. The summed E-state index contributed by atoms with van der Waals surface area (Å²) in [5.41, 5.74) is 9.24. The largest absolute Gasteiger partial charge is 0.353 e. The minimum absolute atomic E-state index is 0.482. The molecule has 19 heavy (non-hydrogen) atoms. The molecule has 0 fully saturated rings. The highest BCUT2D eigenvalue weighted by molar-refractivity contribution is 5.41. The van der Waals surface area contributed by atoms with Crippen molar-refractivity contribution in [3.8, 4) is 0 Å². The van der Waals surface area contributed by atoms with Crippen LogP contribution in [-0.2, 0) is 13.1 Å². The summed E-state index contributed by atoms with van der Waals surface area (Å²) in [6, 6.07) is 14.5. The molecule has 0 atom stereocenters. The maximum absolute atomic E-state index is 5.66. The lowest BCUT2D eigenvalue weighted by molar-refractivity contribution is 0.801. The van der Waals surface area contributed by atoms with Crippen molar-refractivity contribution < 1.29 is 0 Å². The van der Waals surface area contributed by atoms with E-state index < -0.39 is 0 Å². The molecule has 0 aliphatic rings. The molecule has 2 N–H and O–H groups in total. The molecule has 1 aromatic heterocycles. The van der Waals surface area contributed by atoms with Crippen molar-refractivity contribution in [3.05, 3.63) is 59.3 Å². The fraction of sp³-hybridized carbons (Fsp3) is 0.312. The van der Waals surface area contributed by atoms with E-state index in [1.54, 1.807) is 0 Å². The van der Waals surface area contributed by atoms with E-state index in [0.29, 0.717) is 6.54 Å². The highest BCUT2D eigenvalue weighted by Crippen LogP contribution is 2.17. The predicted octanol–water partition coefficient (Wildman–Crippen LogP) is 2.88. The number of hydrogen-bond donors (Lipinski definition) is 1. The van der Waals surface area contributed by atoms with Gasteiger partial charge in [-0.15, -0.1) is 0 Å². The van der Waals surface area contributed by atoms with E-state index in [9.17, 15) is 0 Å². The molecule has 1 aromatic carbocycles. The summed E-state index contributed by atoms with van der Waals surface area (Å²) in [5.74, 6) is 0.994. The molecular weight excluding hydrogens is 234 g/mol. The molecule has 0 radical (unpaired) electrons. The molecule has 0 unspecified atom stereocenters. The van der Waals surface area contributed by atoms with Crippen LogP contribution in [0.3, 0.4) is 0 Å². The molecule has 0 aliphatic carbocycles. The summed E-state index contributed by atoms with van der Waals surface area (Å²) < 4.78 is 0. The maximum Gasteiger partial charge on any atom is 0.129 e. The van der Waals surface area contributed by atoms with E-state index in [1.807, 2.05) is 18.2 Å². The number of rotatable bonds is 5. The van der Waals surface area contributed by atoms with Gasteiger partial charge in [-0.1, -0.05) is 30.3 Å². The highest BCUT2D eigenvalue weighted by Gasteiger charge is 2.08. The van der Waals surface area contributed by atoms with Gasteiger partial charge in [-0.05, 0) is 37.1 Å². The summed E-state index contributed by atoms with van der Waals surface area (Å²) in [4.78, 5) is 6.85. The molecule has 0 saturated heterocycles. The van der Waals surface area contributed by atoms with Crippen LogP contribution in [0.1, 0.15) is 23.7 Å². The Hall–Kier alpha value is -1.87. The number of pyridine rings is 1. The Morgan fingerprint density at radius 2 is 1.89 bits per heavy atom. The average Bonchev–Trinajstić information content (AvgIpc) is 2.46. The SMILES string of the molecule is CCN(Cc1ccccc1C)c1cccc(CN)n1. The van der Waals surface area contributed by atoms with Gasteiger partial charge in [-0.3, -0.25) is 0 Å². The second kappa shape index (κ2) is 6.34. The van der Waals surface area contributed by atoms with Gasteiger partial charge in [-0.2, -0.15) is 0 Å². The van der Waals surface area contributed by atoms with Gasteiger partial charge in [0.15, 0.2) is 0 Å². The van der Waals surface area contributed by atoms with Gasteiger partial charge < -0.3 is 10.6 Å². The van der Waals surface area contributed by atoms with Gasteiger partial charge in [0.05, 0.1) is 5.69 Å². The maximum atomic E-state index is 5.66. The van der Waals surface area contributed by atoms with Crippen molar-refractivity contribution in [3.63, 3.8) is 0 Å². The molecule has 0 saturated carbocycles. The second-order valence-corrected chi connectivity index (χ2v) is 4.63. The highest BCUT2D eigenvalue weighted by atomic mass is 15.2. The summed E-state index contributed by atoms with van der Waals surface area (Å²) in [7, 11) is 0. The fourth-order valence-electron chi connectivity index (χ4n) is 2.10. The Balaban J connectivity index is 2.22. The Kier molecular flexibility index (Phi) is 4.53. The minimum Gasteiger partial charge on any atom is -0.353 e. The molecule has 0 amide bonds. The van der Waals surface area contributed by atoms with Crippen LogP contribution in [0.25, 0.3) is 0 Å². The van der Waals surface area contributed by atoms with E-state index in [0.717, 1.165) is 24.6 Å². The van der Waals surface area contributed by atoms with Crippen molar-refractivity contribution in [2.45, 2.75) is 26.9 Å². The number of aromatic nitrogens is 1. The van der Waals surface area contributed by atoms with Gasteiger partial charge >= 0.3 is 0 Å². The number of aryl methyl sites for hydroxylation is 1. The van der Waals surface area contributed by atoms with Crippen molar-refractivity contribution in [2.75, 3.05) is 11.4 Å². The molecular formula is C16H21N3. The number of benzene rings is 1. The van der Waals surface area contributed by atoms with Gasteiger partial charge in [0.1, 0.15) is 5.82 Å². The van der Waals surface area contributed by atoms with E-state index in [1.165, 1.54) is 11.1 Å². The van der Waals surface area contributed by atoms with Gasteiger partial charge in [0.25, 0.3) is 0 Å². The van der Waals surface area contributed by atoms with Crippen molar-refractivity contribution in [2.24, 2.45) is 5.73 Å². The molecule has 0 aliphatic heterocycles. The summed E-state index contributed by atoms with van der Waals surface area (Å²) in [6.45, 7) is 6.58. The zero-order valence-electron chi connectivity index (χ0n) is 11.6. The van der Waals surface area contributed by atoms with Crippen LogP contribution in [0.15, 0.2) is 42.5 Å². The normalized spacial score (nSPS) is 10.5. The van der Waals surface area contributed by atoms with Crippen molar-refractivity contribution in [1.82, 2.24) is 4.98 Å². The Bertz CT molecular complexity index is 537. The van der Waals surface area contributed by atoms with Crippen LogP contribution >= 0.6 is 0 Å². The lowest BCUT2D eigenvalue weighted by Crippen LogP contribution is -2.24. The van der Waals surface area contributed by atoms with E-state index in [4.69, 9.17) is 5.73 Å². The smallest absolute Gasteiger partial charge is 0.129 e. The van der Waals surface area contributed by atoms with Crippen LogP contribution < -0.4 is 10.6 Å². The zero-order valence-corrected chi connectivity index (χ0v) is 11.6.